The van der Waals surface area contributed by atoms with E-state index in [-0.39, 0.29) is 22.3 Å². The molecule has 0 saturated carbocycles. The van der Waals surface area contributed by atoms with Gasteiger partial charge in [0.05, 0.1) is 5.88 Å². The zero-order chi connectivity index (χ0) is 30.5. The lowest BCUT2D eigenvalue weighted by molar-refractivity contribution is 0.0753. The van der Waals surface area contributed by atoms with E-state index in [0.717, 1.165) is 46.7 Å². The molecule has 0 bridgehead atoms. The minimum Gasteiger partial charge on any atom is -0.474 e. The predicted molar refractivity (Wildman–Crippen MR) is 175 cm³/mol. The molecule has 0 fully saturated rings. The van der Waals surface area contributed by atoms with Gasteiger partial charge in [0.2, 0.25) is 0 Å². The van der Waals surface area contributed by atoms with E-state index in [4.69, 9.17) is 4.74 Å². The Balaban J connectivity index is 1.79. The number of benzene rings is 2. The lowest BCUT2D eigenvalue weighted by atomic mass is 9.74. The van der Waals surface area contributed by atoms with Crippen LogP contribution in [0.4, 0.5) is 5.69 Å². The largest absolute Gasteiger partial charge is 0.474 e. The highest BCUT2D eigenvalue weighted by Crippen LogP contribution is 2.49. The molecule has 0 aromatic heterocycles. The number of rotatable bonds is 7. The molecule has 0 amide bonds. The van der Waals surface area contributed by atoms with Crippen molar-refractivity contribution in [2.24, 2.45) is 5.41 Å². The standard InChI is InChI=1S/C35H34N4OS2/c1-5-39(23-41)29-12-8-24(9-13-29)6-7-25-16-26(19-34(2,3)18-25)17-32-31(22-38)33(27(20-36)21-37)40-35(32,4)28-10-14-30(42)15-11-28/h6-17,41-42H,5,18-19,23H2,1-4H3/b7-6+,26-17-. The van der Waals surface area contributed by atoms with Crippen LogP contribution in [0.15, 0.2) is 105 Å². The Morgan fingerprint density at radius 2 is 1.64 bits per heavy atom. The van der Waals surface area contributed by atoms with Crippen molar-refractivity contribution in [2.45, 2.75) is 51.0 Å². The Morgan fingerprint density at radius 1 is 0.976 bits per heavy atom. The van der Waals surface area contributed by atoms with Crippen molar-refractivity contribution in [1.29, 1.82) is 15.8 Å². The fraction of sp³-hybridized carbons (Fsp3) is 0.286. The average molecular weight is 591 g/mol. The average Bonchev–Trinajstić information content (AvgIpc) is 3.25. The van der Waals surface area contributed by atoms with Crippen LogP contribution in [0, 0.1) is 39.4 Å². The minimum absolute atomic E-state index is 0.0155. The molecule has 0 saturated heterocycles. The Kier molecular flexibility index (Phi) is 9.43. The van der Waals surface area contributed by atoms with E-state index in [2.05, 4.69) is 99.5 Å². The second kappa shape index (κ2) is 12.8. The maximum Gasteiger partial charge on any atom is 0.172 e. The number of ether oxygens (including phenoxy) is 1. The third-order valence-electron chi connectivity index (χ3n) is 7.66. The van der Waals surface area contributed by atoms with Crippen LogP contribution < -0.4 is 4.90 Å². The first-order valence-electron chi connectivity index (χ1n) is 13.8. The summed E-state index contributed by atoms with van der Waals surface area (Å²) in [6.07, 6.45) is 10.2. The summed E-state index contributed by atoms with van der Waals surface area (Å²) >= 11 is 8.83. The van der Waals surface area contributed by atoms with Crippen molar-refractivity contribution >= 4 is 37.0 Å². The number of nitrogens with zero attached hydrogens (tertiary/aromatic N) is 4. The molecule has 2 aromatic carbocycles. The summed E-state index contributed by atoms with van der Waals surface area (Å²) in [5.74, 6) is 0.692. The molecular formula is C35H34N4OS2. The SMILES string of the molecule is CCN(CS)c1ccc(/C=C/C2=CC(=C/C3=C(C#N)C(=C(C#N)C#N)OC3(C)c3ccc(S)cc3)/CC(C)(C)C2)cc1. The summed E-state index contributed by atoms with van der Waals surface area (Å²) in [4.78, 5) is 2.98. The summed E-state index contributed by atoms with van der Waals surface area (Å²) in [5, 5.41) is 29.5. The highest BCUT2D eigenvalue weighted by molar-refractivity contribution is 7.80. The lowest BCUT2D eigenvalue weighted by Crippen LogP contribution is -2.24. The third-order valence-corrected chi connectivity index (χ3v) is 8.30. The predicted octanol–water partition coefficient (Wildman–Crippen LogP) is 8.44. The Bertz CT molecular complexity index is 1620. The number of anilines is 1. The molecule has 1 heterocycles. The molecular weight excluding hydrogens is 557 g/mol. The van der Waals surface area contributed by atoms with Crippen LogP contribution in [0.2, 0.25) is 0 Å². The zero-order valence-corrected chi connectivity index (χ0v) is 26.1. The first-order valence-corrected chi connectivity index (χ1v) is 14.9. The van der Waals surface area contributed by atoms with Crippen LogP contribution in [-0.4, -0.2) is 12.4 Å². The highest BCUT2D eigenvalue weighted by atomic mass is 32.1. The van der Waals surface area contributed by atoms with E-state index in [0.29, 0.717) is 11.4 Å². The van der Waals surface area contributed by atoms with Gasteiger partial charge in [0.15, 0.2) is 16.9 Å². The van der Waals surface area contributed by atoms with Crippen molar-refractivity contribution in [1.82, 2.24) is 0 Å². The molecule has 1 unspecified atom stereocenters. The van der Waals surface area contributed by atoms with Crippen molar-refractivity contribution in [3.63, 3.8) is 0 Å². The minimum atomic E-state index is -1.07. The number of thiol groups is 2. The van der Waals surface area contributed by atoms with Gasteiger partial charge in [-0.2, -0.15) is 28.4 Å². The van der Waals surface area contributed by atoms with Crippen LogP contribution in [0.25, 0.3) is 6.08 Å². The molecule has 7 heteroatoms. The Hall–Kier alpha value is -4.09. The molecule has 212 valence electrons. The third kappa shape index (κ3) is 6.52. The number of allylic oxidation sites excluding steroid dienone is 6. The topological polar surface area (TPSA) is 83.8 Å². The fourth-order valence-electron chi connectivity index (χ4n) is 5.55. The highest BCUT2D eigenvalue weighted by Gasteiger charge is 2.44. The smallest absolute Gasteiger partial charge is 0.172 e. The second-order valence-electron chi connectivity index (χ2n) is 11.4. The van der Waals surface area contributed by atoms with Gasteiger partial charge >= 0.3 is 0 Å². The van der Waals surface area contributed by atoms with Crippen LogP contribution in [0.1, 0.15) is 51.7 Å². The summed E-state index contributed by atoms with van der Waals surface area (Å²) in [6, 6.07) is 22.0. The maximum absolute atomic E-state index is 10.2. The number of hydrogen-bond acceptors (Lipinski definition) is 7. The number of nitriles is 3. The molecule has 2 aromatic rings. The van der Waals surface area contributed by atoms with Crippen LogP contribution in [0.3, 0.4) is 0 Å². The van der Waals surface area contributed by atoms with E-state index in [1.807, 2.05) is 49.4 Å². The molecule has 5 nitrogen and oxygen atoms in total. The normalized spacial score (nSPS) is 20.5. The second-order valence-corrected chi connectivity index (χ2v) is 12.2. The van der Waals surface area contributed by atoms with Gasteiger partial charge in [-0.25, -0.2) is 0 Å². The van der Waals surface area contributed by atoms with Gasteiger partial charge in [-0.3, -0.25) is 0 Å². The van der Waals surface area contributed by atoms with E-state index in [1.165, 1.54) is 5.57 Å². The molecule has 1 aliphatic heterocycles. The molecule has 1 aliphatic carbocycles. The maximum atomic E-state index is 10.2. The molecule has 1 atom stereocenters. The monoisotopic (exact) mass is 590 g/mol. The van der Waals surface area contributed by atoms with Crippen LogP contribution in [0.5, 0.6) is 0 Å². The van der Waals surface area contributed by atoms with Crippen LogP contribution >= 0.6 is 25.3 Å². The van der Waals surface area contributed by atoms with Crippen molar-refractivity contribution in [3.05, 3.63) is 112 Å². The molecule has 0 radical (unpaired) electrons. The van der Waals surface area contributed by atoms with Gasteiger partial charge in [-0.15, -0.1) is 12.6 Å². The fourth-order valence-corrected chi connectivity index (χ4v) is 6.06. The quantitative estimate of drug-likeness (QED) is 0.192. The lowest BCUT2D eigenvalue weighted by Gasteiger charge is -2.32. The van der Waals surface area contributed by atoms with Gasteiger partial charge in [-0.1, -0.05) is 56.3 Å². The first-order chi connectivity index (χ1) is 20.1. The summed E-state index contributed by atoms with van der Waals surface area (Å²) in [5.41, 5.74) is 4.80. The molecule has 42 heavy (non-hydrogen) atoms. The van der Waals surface area contributed by atoms with Gasteiger partial charge in [0, 0.05) is 22.7 Å². The van der Waals surface area contributed by atoms with Crippen molar-refractivity contribution < 1.29 is 4.74 Å². The Morgan fingerprint density at radius 3 is 2.21 bits per heavy atom. The van der Waals surface area contributed by atoms with Crippen molar-refractivity contribution in [3.8, 4) is 18.2 Å². The molecule has 0 N–H and O–H groups in total. The molecule has 4 rings (SSSR count). The number of hydrogen-bond donors (Lipinski definition) is 2. The van der Waals surface area contributed by atoms with E-state index in [9.17, 15) is 15.8 Å². The molecule has 2 aliphatic rings. The van der Waals surface area contributed by atoms with E-state index < -0.39 is 5.60 Å². The van der Waals surface area contributed by atoms with Crippen molar-refractivity contribution in [2.75, 3.05) is 17.3 Å². The summed E-state index contributed by atoms with van der Waals surface area (Å²) in [6.45, 7) is 9.35. The van der Waals surface area contributed by atoms with Crippen LogP contribution in [-0.2, 0) is 10.3 Å². The van der Waals surface area contributed by atoms with E-state index in [1.54, 1.807) is 0 Å². The zero-order valence-electron chi connectivity index (χ0n) is 24.3. The van der Waals surface area contributed by atoms with Gasteiger partial charge in [-0.05, 0) is 84.7 Å². The molecule has 0 spiro atoms. The van der Waals surface area contributed by atoms with Gasteiger partial charge in [0.25, 0.3) is 0 Å². The summed E-state index contributed by atoms with van der Waals surface area (Å²) < 4.78 is 6.33. The Labute approximate surface area is 260 Å². The summed E-state index contributed by atoms with van der Waals surface area (Å²) in [7, 11) is 0. The van der Waals surface area contributed by atoms with E-state index >= 15 is 0 Å². The first kappa shape index (κ1) is 30.9. The van der Waals surface area contributed by atoms with Gasteiger partial charge in [0.1, 0.15) is 23.8 Å². The van der Waals surface area contributed by atoms with Gasteiger partial charge < -0.3 is 9.64 Å².